The van der Waals surface area contributed by atoms with Crippen molar-refractivity contribution >= 4 is 43.9 Å². The Labute approximate surface area is 182 Å². The molecule has 2 aromatic carbocycles. The molecule has 0 fully saturated rings. The molecule has 0 N–H and O–H groups in total. The van der Waals surface area contributed by atoms with Crippen molar-refractivity contribution in [1.29, 1.82) is 0 Å². The van der Waals surface area contributed by atoms with Crippen LogP contribution in [0.2, 0.25) is 0 Å². The molecule has 1 amide bonds. The Hall–Kier alpha value is -2.81. The molecule has 2 aromatic heterocycles. The monoisotopic (exact) mass is 439 g/mol. The van der Waals surface area contributed by atoms with Crippen LogP contribution in [-0.2, 0) is 4.74 Å². The number of hydrogen-bond acceptors (Lipinski definition) is 7. The Morgan fingerprint density at radius 1 is 1.10 bits per heavy atom. The van der Waals surface area contributed by atoms with Crippen molar-refractivity contribution in [3.05, 3.63) is 59.6 Å². The number of methoxy groups -OCH3 is 1. The summed E-state index contributed by atoms with van der Waals surface area (Å²) < 4.78 is 11.7. The van der Waals surface area contributed by atoms with Crippen LogP contribution in [0.25, 0.3) is 20.8 Å². The van der Waals surface area contributed by atoms with Crippen LogP contribution in [0.5, 0.6) is 5.75 Å². The molecule has 4 aromatic rings. The van der Waals surface area contributed by atoms with Crippen molar-refractivity contribution in [1.82, 2.24) is 9.97 Å². The molecule has 0 radical (unpaired) electrons. The molecule has 4 rings (SSSR count). The number of thiazole rings is 2. The van der Waals surface area contributed by atoms with E-state index in [1.807, 2.05) is 55.5 Å². The number of anilines is 1. The molecule has 0 aliphatic rings. The minimum Gasteiger partial charge on any atom is -0.494 e. The van der Waals surface area contributed by atoms with Crippen LogP contribution in [0, 0.1) is 0 Å². The molecule has 0 saturated heterocycles. The number of fused-ring (bicyclic) bond motifs is 1. The van der Waals surface area contributed by atoms with E-state index >= 15 is 0 Å². The van der Waals surface area contributed by atoms with Gasteiger partial charge in [0.2, 0.25) is 0 Å². The second kappa shape index (κ2) is 9.34. The summed E-state index contributed by atoms with van der Waals surface area (Å²) in [5.74, 6) is 0.634. The first-order chi connectivity index (χ1) is 14.7. The Balaban J connectivity index is 1.60. The predicted molar refractivity (Wildman–Crippen MR) is 122 cm³/mol. The quantitative estimate of drug-likeness (QED) is 0.382. The van der Waals surface area contributed by atoms with E-state index in [-0.39, 0.29) is 5.91 Å². The van der Waals surface area contributed by atoms with Gasteiger partial charge in [-0.25, -0.2) is 9.97 Å². The number of hydrogen-bond donors (Lipinski definition) is 0. The highest BCUT2D eigenvalue weighted by Gasteiger charge is 2.23. The fourth-order valence-corrected chi connectivity index (χ4v) is 4.74. The molecule has 8 heteroatoms. The number of aromatic nitrogens is 2. The minimum atomic E-state index is -0.181. The van der Waals surface area contributed by atoms with E-state index in [2.05, 4.69) is 9.97 Å². The summed E-state index contributed by atoms with van der Waals surface area (Å²) in [6.45, 7) is 3.40. The van der Waals surface area contributed by atoms with Crippen LogP contribution < -0.4 is 9.64 Å². The van der Waals surface area contributed by atoms with Gasteiger partial charge in [0.1, 0.15) is 16.5 Å². The van der Waals surface area contributed by atoms with Crippen LogP contribution in [0.1, 0.15) is 17.4 Å². The molecule has 2 heterocycles. The van der Waals surface area contributed by atoms with E-state index in [0.29, 0.717) is 30.6 Å². The van der Waals surface area contributed by atoms with Crippen LogP contribution in [0.4, 0.5) is 5.13 Å². The fraction of sp³-hybridized carbons (Fsp3) is 0.227. The Bertz CT molecular complexity index is 1100. The summed E-state index contributed by atoms with van der Waals surface area (Å²) >= 11 is 2.93. The Morgan fingerprint density at radius 2 is 1.90 bits per heavy atom. The average Bonchev–Trinajstić information content (AvgIpc) is 3.42. The van der Waals surface area contributed by atoms with Crippen molar-refractivity contribution in [3.8, 4) is 16.3 Å². The highest BCUT2D eigenvalue weighted by Crippen LogP contribution is 2.31. The lowest BCUT2D eigenvalue weighted by Gasteiger charge is -2.18. The van der Waals surface area contributed by atoms with Gasteiger partial charge >= 0.3 is 0 Å². The van der Waals surface area contributed by atoms with Crippen molar-refractivity contribution in [2.75, 3.05) is 31.8 Å². The summed E-state index contributed by atoms with van der Waals surface area (Å²) in [5, 5.41) is 3.23. The standard InChI is InChI=1S/C22H21N3O3S2/c1-3-28-16-10-8-15(9-11-16)20-23-18(14-29-20)21(26)25(12-13-27-2)22-24-17-6-4-5-7-19(17)30-22/h4-11,14H,3,12-13H2,1-2H3. The number of rotatable bonds is 8. The topological polar surface area (TPSA) is 64.5 Å². The lowest BCUT2D eigenvalue weighted by Crippen LogP contribution is -2.34. The first kappa shape index (κ1) is 20.5. The number of benzene rings is 2. The number of nitrogens with zero attached hydrogens (tertiary/aromatic N) is 3. The summed E-state index contributed by atoms with van der Waals surface area (Å²) in [6.07, 6.45) is 0. The molecule has 0 aliphatic heterocycles. The zero-order chi connectivity index (χ0) is 20.9. The molecular weight excluding hydrogens is 418 g/mol. The Morgan fingerprint density at radius 3 is 2.63 bits per heavy atom. The zero-order valence-electron chi connectivity index (χ0n) is 16.7. The number of amides is 1. The third kappa shape index (κ3) is 4.35. The maximum Gasteiger partial charge on any atom is 0.279 e. The van der Waals surface area contributed by atoms with Crippen LogP contribution in [0.15, 0.2) is 53.9 Å². The predicted octanol–water partition coefficient (Wildman–Crippen LogP) is 5.11. The molecule has 0 aliphatic carbocycles. The van der Waals surface area contributed by atoms with Gasteiger partial charge in [-0.3, -0.25) is 9.69 Å². The molecule has 0 atom stereocenters. The summed E-state index contributed by atoms with van der Waals surface area (Å²) in [4.78, 5) is 24.1. The van der Waals surface area contributed by atoms with Gasteiger partial charge in [0, 0.05) is 18.1 Å². The third-order valence-electron chi connectivity index (χ3n) is 4.41. The Kier molecular flexibility index (Phi) is 6.37. The normalized spacial score (nSPS) is 11.0. The zero-order valence-corrected chi connectivity index (χ0v) is 18.3. The molecule has 30 heavy (non-hydrogen) atoms. The molecule has 0 bridgehead atoms. The first-order valence-corrected chi connectivity index (χ1v) is 11.2. The first-order valence-electron chi connectivity index (χ1n) is 9.54. The third-order valence-corrected chi connectivity index (χ3v) is 6.36. The van der Waals surface area contributed by atoms with Crippen molar-refractivity contribution in [2.24, 2.45) is 0 Å². The molecule has 154 valence electrons. The van der Waals surface area contributed by atoms with Crippen molar-refractivity contribution in [3.63, 3.8) is 0 Å². The number of carbonyl (C=O) groups is 1. The lowest BCUT2D eigenvalue weighted by atomic mass is 10.2. The van der Waals surface area contributed by atoms with Gasteiger partial charge in [-0.2, -0.15) is 0 Å². The van der Waals surface area contributed by atoms with E-state index in [9.17, 15) is 4.79 Å². The summed E-state index contributed by atoms with van der Waals surface area (Å²) in [6, 6.07) is 15.6. The van der Waals surface area contributed by atoms with Gasteiger partial charge in [0.15, 0.2) is 5.13 Å². The maximum atomic E-state index is 13.3. The van der Waals surface area contributed by atoms with E-state index in [1.54, 1.807) is 17.4 Å². The molecule has 6 nitrogen and oxygen atoms in total. The van der Waals surface area contributed by atoms with Crippen molar-refractivity contribution in [2.45, 2.75) is 6.92 Å². The van der Waals surface area contributed by atoms with Crippen molar-refractivity contribution < 1.29 is 14.3 Å². The van der Waals surface area contributed by atoms with Gasteiger partial charge in [-0.15, -0.1) is 11.3 Å². The van der Waals surface area contributed by atoms with Crippen LogP contribution in [0.3, 0.4) is 0 Å². The average molecular weight is 440 g/mol. The molecule has 0 unspecified atom stereocenters. The number of ether oxygens (including phenoxy) is 2. The van der Waals surface area contributed by atoms with E-state index in [0.717, 1.165) is 26.5 Å². The summed E-state index contributed by atoms with van der Waals surface area (Å²) in [5.41, 5.74) is 2.23. The minimum absolute atomic E-state index is 0.181. The molecular formula is C22H21N3O3S2. The fourth-order valence-electron chi connectivity index (χ4n) is 2.95. The number of para-hydroxylation sites is 1. The smallest absolute Gasteiger partial charge is 0.279 e. The van der Waals surface area contributed by atoms with Crippen LogP contribution >= 0.6 is 22.7 Å². The van der Waals surface area contributed by atoms with E-state index in [4.69, 9.17) is 9.47 Å². The summed E-state index contributed by atoms with van der Waals surface area (Å²) in [7, 11) is 1.62. The van der Waals surface area contributed by atoms with Crippen LogP contribution in [-0.4, -0.2) is 42.7 Å². The van der Waals surface area contributed by atoms with E-state index in [1.165, 1.54) is 22.7 Å². The highest BCUT2D eigenvalue weighted by atomic mass is 32.1. The lowest BCUT2D eigenvalue weighted by molar-refractivity contribution is 0.0972. The van der Waals surface area contributed by atoms with Gasteiger partial charge in [0.05, 0.1) is 30.0 Å². The maximum absolute atomic E-state index is 13.3. The highest BCUT2D eigenvalue weighted by molar-refractivity contribution is 7.22. The molecule has 0 spiro atoms. The molecule has 0 saturated carbocycles. The largest absolute Gasteiger partial charge is 0.494 e. The van der Waals surface area contributed by atoms with Gasteiger partial charge in [0.25, 0.3) is 5.91 Å². The second-order valence-electron chi connectivity index (χ2n) is 6.41. The van der Waals surface area contributed by atoms with Gasteiger partial charge < -0.3 is 9.47 Å². The van der Waals surface area contributed by atoms with Gasteiger partial charge in [-0.05, 0) is 43.3 Å². The van der Waals surface area contributed by atoms with Gasteiger partial charge in [-0.1, -0.05) is 23.5 Å². The number of carbonyl (C=O) groups excluding carboxylic acids is 1. The van der Waals surface area contributed by atoms with E-state index < -0.39 is 0 Å². The second-order valence-corrected chi connectivity index (χ2v) is 8.28. The SMILES string of the molecule is CCOc1ccc(-c2nc(C(=O)N(CCOC)c3nc4ccccc4s3)cs2)cc1.